The molecule has 4 N–H and O–H groups in total. The largest absolute Gasteiger partial charge is 0.507 e. The molecule has 2 aromatic rings. The van der Waals surface area contributed by atoms with Gasteiger partial charge in [-0.3, -0.25) is 4.79 Å². The fraction of sp³-hybridized carbons (Fsp3) is 0.211. The Morgan fingerprint density at radius 1 is 1.10 bits per heavy atom. The minimum Gasteiger partial charge on any atom is -0.507 e. The molecule has 0 saturated carbocycles. The van der Waals surface area contributed by atoms with Gasteiger partial charge in [-0.05, 0) is 44.2 Å². The first-order chi connectivity index (χ1) is 13.8. The van der Waals surface area contributed by atoms with Crippen molar-refractivity contribution in [3.05, 3.63) is 53.6 Å². The Labute approximate surface area is 175 Å². The Balaban J connectivity index is 2.34. The highest BCUT2D eigenvalue weighted by Gasteiger charge is 2.26. The summed E-state index contributed by atoms with van der Waals surface area (Å²) in [4.78, 5) is 11.1. The molecule has 0 aliphatic carbocycles. The predicted octanol–water partition coefficient (Wildman–Crippen LogP) is 0.935. The van der Waals surface area contributed by atoms with Crippen LogP contribution in [0.5, 0.6) is 5.75 Å². The second-order valence-corrected chi connectivity index (χ2v) is 9.80. The molecular formula is C19H20N2O7S2. The zero-order valence-corrected chi connectivity index (χ0v) is 18.0. The molecule has 2 aromatic carbocycles. The third-order valence-electron chi connectivity index (χ3n) is 3.94. The number of amides is 1. The van der Waals surface area contributed by atoms with Crippen LogP contribution >= 0.6 is 0 Å². The Hall–Kier alpha value is -2.91. The number of benzene rings is 2. The topological polar surface area (TPSA) is 153 Å². The first-order valence-corrected chi connectivity index (χ1v) is 11.4. The van der Waals surface area contributed by atoms with Crippen molar-refractivity contribution >= 4 is 26.0 Å². The van der Waals surface area contributed by atoms with E-state index >= 15 is 0 Å². The third-order valence-corrected chi connectivity index (χ3v) is 6.43. The first kappa shape index (κ1) is 23.4. The molecular weight excluding hydrogens is 432 g/mol. The smallest absolute Gasteiger partial charge is 0.265 e. The highest BCUT2D eigenvalue weighted by atomic mass is 32.2. The van der Waals surface area contributed by atoms with E-state index in [2.05, 4.69) is 11.8 Å². The lowest BCUT2D eigenvalue weighted by Gasteiger charge is -2.14. The lowest BCUT2D eigenvalue weighted by molar-refractivity contribution is 0.0741. The van der Waals surface area contributed by atoms with E-state index in [0.29, 0.717) is 0 Å². The van der Waals surface area contributed by atoms with Crippen molar-refractivity contribution in [2.24, 2.45) is 5.14 Å². The van der Waals surface area contributed by atoms with E-state index in [1.165, 1.54) is 31.4 Å². The van der Waals surface area contributed by atoms with Gasteiger partial charge in [0.2, 0.25) is 10.0 Å². The number of nitrogens with one attached hydrogen (secondary N) is 1. The van der Waals surface area contributed by atoms with Crippen LogP contribution in [0.2, 0.25) is 0 Å². The molecule has 0 atom stereocenters. The monoisotopic (exact) mass is 452 g/mol. The lowest BCUT2D eigenvalue weighted by Crippen LogP contribution is -2.32. The molecule has 9 nitrogen and oxygen atoms in total. The van der Waals surface area contributed by atoms with Gasteiger partial charge in [-0.15, -0.1) is 0 Å². The van der Waals surface area contributed by atoms with Gasteiger partial charge in [-0.1, -0.05) is 24.0 Å². The van der Waals surface area contributed by atoms with Gasteiger partial charge in [0.05, 0.1) is 5.56 Å². The summed E-state index contributed by atoms with van der Waals surface area (Å²) >= 11 is 0. The highest BCUT2D eigenvalue weighted by molar-refractivity contribution is 7.92. The number of phenols is 1. The minimum atomic E-state index is -4.56. The van der Waals surface area contributed by atoms with E-state index in [1.807, 2.05) is 0 Å². The number of methoxy groups -OCH3 is 1. The number of sulfonamides is 2. The Morgan fingerprint density at radius 2 is 1.70 bits per heavy atom. The van der Waals surface area contributed by atoms with Crippen molar-refractivity contribution in [1.82, 2.24) is 4.72 Å². The van der Waals surface area contributed by atoms with Crippen LogP contribution in [0.4, 0.5) is 0 Å². The second kappa shape index (κ2) is 8.45. The van der Waals surface area contributed by atoms with Crippen LogP contribution in [0.25, 0.3) is 0 Å². The molecule has 0 saturated heterocycles. The number of ether oxygens (including phenoxy) is 1. The second-order valence-electron chi connectivity index (χ2n) is 6.62. The van der Waals surface area contributed by atoms with Gasteiger partial charge >= 0.3 is 0 Å². The van der Waals surface area contributed by atoms with Crippen molar-refractivity contribution in [3.63, 3.8) is 0 Å². The molecule has 0 spiro atoms. The van der Waals surface area contributed by atoms with Crippen molar-refractivity contribution in [1.29, 1.82) is 0 Å². The normalized spacial score (nSPS) is 12.0. The number of hydrogen-bond acceptors (Lipinski definition) is 7. The molecule has 0 aliphatic heterocycles. The summed E-state index contributed by atoms with van der Waals surface area (Å²) < 4.78 is 55.3. The predicted molar refractivity (Wildman–Crippen MR) is 109 cm³/mol. The number of nitrogens with two attached hydrogens (primary N) is 1. The number of primary sulfonamides is 1. The van der Waals surface area contributed by atoms with E-state index in [9.17, 15) is 26.7 Å². The van der Waals surface area contributed by atoms with Gasteiger partial charge in [-0.25, -0.2) is 26.7 Å². The molecule has 0 fully saturated rings. The maximum atomic E-state index is 12.5. The number of carbonyl (C=O) groups is 1. The number of phenolic OH excluding ortho intramolecular Hbond substituents is 1. The van der Waals surface area contributed by atoms with Crippen LogP contribution in [0.3, 0.4) is 0 Å². The Kier molecular flexibility index (Phi) is 6.58. The molecule has 1 amide bonds. The molecule has 0 heterocycles. The average molecular weight is 453 g/mol. The molecule has 2 rings (SSSR count). The molecule has 160 valence electrons. The van der Waals surface area contributed by atoms with E-state index in [0.717, 1.165) is 18.2 Å². The maximum Gasteiger partial charge on any atom is 0.265 e. The summed E-state index contributed by atoms with van der Waals surface area (Å²) in [6, 6.07) is 8.24. The summed E-state index contributed by atoms with van der Waals surface area (Å²) in [6.07, 6.45) is 0. The van der Waals surface area contributed by atoms with Gasteiger partial charge in [0, 0.05) is 12.7 Å². The van der Waals surface area contributed by atoms with Gasteiger partial charge in [0.1, 0.15) is 21.1 Å². The van der Waals surface area contributed by atoms with E-state index in [1.54, 1.807) is 18.6 Å². The van der Waals surface area contributed by atoms with Crippen molar-refractivity contribution in [3.8, 4) is 17.6 Å². The lowest BCUT2D eigenvalue weighted by atomic mass is 10.1. The van der Waals surface area contributed by atoms with Crippen molar-refractivity contribution < 1.29 is 31.5 Å². The van der Waals surface area contributed by atoms with Crippen molar-refractivity contribution in [2.45, 2.75) is 29.2 Å². The summed E-state index contributed by atoms with van der Waals surface area (Å²) in [5.41, 5.74) is -0.729. The van der Waals surface area contributed by atoms with Gasteiger partial charge in [-0.2, -0.15) is 0 Å². The standard InChI is InChI=1S/C19H20N2O7S2/c1-19(2,28-3)11-10-13-8-9-14(12-15(13)22)18(23)21-30(26,27)17-7-5-4-6-16(17)29(20,24)25/h4-9,12,22H,1-3H3,(H,21,23)(H2,20,24,25). The van der Waals surface area contributed by atoms with E-state index in [4.69, 9.17) is 9.88 Å². The van der Waals surface area contributed by atoms with Crippen LogP contribution in [-0.2, 0) is 24.8 Å². The summed E-state index contributed by atoms with van der Waals surface area (Å²) in [5.74, 6) is 4.09. The van der Waals surface area contributed by atoms with E-state index < -0.39 is 41.3 Å². The molecule has 0 aromatic heterocycles. The average Bonchev–Trinajstić information content (AvgIpc) is 2.66. The quantitative estimate of drug-likeness (QED) is 0.571. The minimum absolute atomic E-state index is 0.180. The molecule has 11 heteroatoms. The zero-order chi connectivity index (χ0) is 22.7. The van der Waals surface area contributed by atoms with Crippen LogP contribution < -0.4 is 9.86 Å². The fourth-order valence-corrected chi connectivity index (χ4v) is 4.55. The maximum absolute atomic E-state index is 12.5. The summed E-state index contributed by atoms with van der Waals surface area (Å²) in [7, 11) is -7.43. The Morgan fingerprint density at radius 3 is 2.23 bits per heavy atom. The molecule has 0 radical (unpaired) electrons. The highest BCUT2D eigenvalue weighted by Crippen LogP contribution is 2.21. The molecule has 0 aliphatic rings. The van der Waals surface area contributed by atoms with Gasteiger partial charge in [0.25, 0.3) is 15.9 Å². The van der Waals surface area contributed by atoms with Crippen LogP contribution in [0.1, 0.15) is 29.8 Å². The zero-order valence-electron chi connectivity index (χ0n) is 16.3. The molecule has 30 heavy (non-hydrogen) atoms. The number of aromatic hydroxyl groups is 1. The van der Waals surface area contributed by atoms with Crippen molar-refractivity contribution in [2.75, 3.05) is 7.11 Å². The number of rotatable bonds is 5. The Bertz CT molecular complexity index is 1260. The summed E-state index contributed by atoms with van der Waals surface area (Å²) in [5, 5.41) is 15.1. The van der Waals surface area contributed by atoms with E-state index in [-0.39, 0.29) is 16.9 Å². The van der Waals surface area contributed by atoms with Crippen LogP contribution in [0, 0.1) is 11.8 Å². The molecule has 0 bridgehead atoms. The summed E-state index contributed by atoms with van der Waals surface area (Å²) in [6.45, 7) is 3.45. The fourth-order valence-electron chi connectivity index (χ4n) is 2.19. The van der Waals surface area contributed by atoms with Gasteiger partial charge in [0.15, 0.2) is 0 Å². The first-order valence-electron chi connectivity index (χ1n) is 8.37. The van der Waals surface area contributed by atoms with Crippen LogP contribution in [-0.4, -0.2) is 40.6 Å². The third kappa shape index (κ3) is 5.58. The molecule has 0 unspecified atom stereocenters. The number of hydrogen-bond donors (Lipinski definition) is 3. The number of carbonyl (C=O) groups excluding carboxylic acids is 1. The SMILES string of the molecule is COC(C)(C)C#Cc1ccc(C(=O)NS(=O)(=O)c2ccccc2S(N)(=O)=O)cc1O. The van der Waals surface area contributed by atoms with Crippen LogP contribution in [0.15, 0.2) is 52.3 Å². The van der Waals surface area contributed by atoms with Gasteiger partial charge < -0.3 is 9.84 Å².